The number of aliphatic hydroxyl groups excluding tert-OH is 2. The Labute approximate surface area is 437 Å². The Bertz CT molecular complexity index is 1090. The van der Waals surface area contributed by atoms with E-state index < -0.39 is 12.1 Å². The standard InChI is InChI=1S/C64H123NO5/c1-3-5-7-9-11-13-15-17-19-28-32-36-40-44-48-52-56-62(67)61(60-66)65-63(68)57-53-49-45-41-37-33-29-26-24-22-21-23-25-27-31-35-39-43-47-51-55-59-70-64(69)58-54-50-46-42-38-34-30-20-18-16-14-12-10-8-6-4-2/h20,30,52,56,61-62,66-67H,3-19,21-29,31-51,53-55,57-60H2,1-2H3,(H,65,68)/b30-20-,56-52+. The summed E-state index contributed by atoms with van der Waals surface area (Å²) in [6, 6.07) is -0.628. The normalized spacial score (nSPS) is 12.7. The fourth-order valence-corrected chi connectivity index (χ4v) is 9.87. The molecule has 0 aliphatic heterocycles. The summed E-state index contributed by atoms with van der Waals surface area (Å²) in [5, 5.41) is 23.1. The highest BCUT2D eigenvalue weighted by Gasteiger charge is 2.18. The molecular formula is C64H123NO5. The molecule has 1 amide bonds. The predicted octanol–water partition coefficient (Wildman–Crippen LogP) is 19.8. The molecule has 0 aromatic heterocycles. The highest BCUT2D eigenvalue weighted by atomic mass is 16.5. The minimum absolute atomic E-state index is 0.00444. The van der Waals surface area contributed by atoms with Gasteiger partial charge in [0.2, 0.25) is 5.91 Å². The molecule has 0 heterocycles. The van der Waals surface area contributed by atoms with Gasteiger partial charge < -0.3 is 20.3 Å². The Morgan fingerprint density at radius 1 is 0.386 bits per heavy atom. The zero-order valence-electron chi connectivity index (χ0n) is 47.3. The van der Waals surface area contributed by atoms with Crippen LogP contribution in [0.15, 0.2) is 24.3 Å². The molecule has 3 N–H and O–H groups in total. The highest BCUT2D eigenvalue weighted by Crippen LogP contribution is 2.18. The highest BCUT2D eigenvalue weighted by molar-refractivity contribution is 5.76. The summed E-state index contributed by atoms with van der Waals surface area (Å²) >= 11 is 0. The van der Waals surface area contributed by atoms with Crippen LogP contribution in [0.4, 0.5) is 0 Å². The van der Waals surface area contributed by atoms with Gasteiger partial charge in [0.05, 0.1) is 25.4 Å². The van der Waals surface area contributed by atoms with E-state index in [9.17, 15) is 19.8 Å². The summed E-state index contributed by atoms with van der Waals surface area (Å²) in [4.78, 5) is 24.5. The van der Waals surface area contributed by atoms with E-state index in [1.807, 2.05) is 6.08 Å². The molecule has 2 atom stereocenters. The molecule has 0 aliphatic carbocycles. The fourth-order valence-electron chi connectivity index (χ4n) is 9.87. The third-order valence-corrected chi connectivity index (χ3v) is 14.7. The van der Waals surface area contributed by atoms with Crippen molar-refractivity contribution in [3.05, 3.63) is 24.3 Å². The molecule has 0 spiro atoms. The van der Waals surface area contributed by atoms with Crippen LogP contribution in [0.25, 0.3) is 0 Å². The van der Waals surface area contributed by atoms with Crippen LogP contribution in [-0.2, 0) is 14.3 Å². The first-order chi connectivity index (χ1) is 34.5. The van der Waals surface area contributed by atoms with Crippen LogP contribution in [0, 0.1) is 0 Å². The van der Waals surface area contributed by atoms with Crippen molar-refractivity contribution >= 4 is 11.9 Å². The number of carbonyl (C=O) groups excluding carboxylic acids is 2. The average molecular weight is 987 g/mol. The van der Waals surface area contributed by atoms with E-state index in [1.165, 1.54) is 276 Å². The van der Waals surface area contributed by atoms with Gasteiger partial charge in [0.1, 0.15) is 0 Å². The summed E-state index contributed by atoms with van der Waals surface area (Å²) in [6.07, 6.45) is 73.6. The fraction of sp³-hybridized carbons (Fsp3) is 0.906. The second-order valence-electron chi connectivity index (χ2n) is 21.7. The zero-order chi connectivity index (χ0) is 50.7. The van der Waals surface area contributed by atoms with Crippen molar-refractivity contribution in [3.8, 4) is 0 Å². The Kier molecular flexibility index (Phi) is 58.5. The lowest BCUT2D eigenvalue weighted by Gasteiger charge is -2.20. The van der Waals surface area contributed by atoms with Gasteiger partial charge in [-0.3, -0.25) is 9.59 Å². The SMILES string of the molecule is CCCCCCCCC/C=C\CCCCCCCC(=O)OCCCCCCCCCCCCCCCCCCCCCCCC(=O)NC(CO)C(O)/C=C/CCCCCCCCCCCCCCCC. The van der Waals surface area contributed by atoms with Crippen LogP contribution < -0.4 is 5.32 Å². The minimum Gasteiger partial charge on any atom is -0.466 e. The lowest BCUT2D eigenvalue weighted by atomic mass is 10.0. The maximum Gasteiger partial charge on any atom is 0.305 e. The summed E-state index contributed by atoms with van der Waals surface area (Å²) < 4.78 is 5.49. The Balaban J connectivity index is 3.40. The zero-order valence-corrected chi connectivity index (χ0v) is 47.3. The quantitative estimate of drug-likeness (QED) is 0.0321. The van der Waals surface area contributed by atoms with Crippen molar-refractivity contribution in [2.24, 2.45) is 0 Å². The first-order valence-corrected chi connectivity index (χ1v) is 31.6. The van der Waals surface area contributed by atoms with Gasteiger partial charge in [-0.2, -0.15) is 0 Å². The molecule has 0 aromatic carbocycles. The molecule has 2 unspecified atom stereocenters. The van der Waals surface area contributed by atoms with E-state index in [0.29, 0.717) is 19.4 Å². The molecule has 0 bridgehead atoms. The smallest absolute Gasteiger partial charge is 0.305 e. The van der Waals surface area contributed by atoms with Gasteiger partial charge in [-0.25, -0.2) is 0 Å². The Morgan fingerprint density at radius 2 is 0.671 bits per heavy atom. The monoisotopic (exact) mass is 986 g/mol. The number of hydrogen-bond donors (Lipinski definition) is 3. The minimum atomic E-state index is -0.845. The number of aliphatic hydroxyl groups is 2. The molecule has 0 aliphatic rings. The van der Waals surface area contributed by atoms with Crippen LogP contribution in [0.3, 0.4) is 0 Å². The summed E-state index contributed by atoms with van der Waals surface area (Å²) in [5.41, 5.74) is 0. The van der Waals surface area contributed by atoms with Gasteiger partial charge in [0.25, 0.3) is 0 Å². The third-order valence-electron chi connectivity index (χ3n) is 14.7. The second-order valence-corrected chi connectivity index (χ2v) is 21.7. The van der Waals surface area contributed by atoms with Crippen molar-refractivity contribution < 1.29 is 24.5 Å². The molecule has 6 heteroatoms. The number of allylic oxidation sites excluding steroid dienone is 3. The van der Waals surface area contributed by atoms with E-state index in [4.69, 9.17) is 4.74 Å². The molecule has 0 aromatic rings. The summed E-state index contributed by atoms with van der Waals surface area (Å²) in [7, 11) is 0. The van der Waals surface area contributed by atoms with Crippen LogP contribution in [-0.4, -0.2) is 47.4 Å². The van der Waals surface area contributed by atoms with E-state index in [2.05, 4.69) is 31.3 Å². The van der Waals surface area contributed by atoms with Gasteiger partial charge in [0, 0.05) is 12.8 Å². The van der Waals surface area contributed by atoms with Crippen molar-refractivity contribution in [1.82, 2.24) is 5.32 Å². The predicted molar refractivity (Wildman–Crippen MR) is 306 cm³/mol. The number of carbonyl (C=O) groups is 2. The number of ether oxygens (including phenoxy) is 1. The molecule has 0 fully saturated rings. The summed E-state index contributed by atoms with van der Waals surface area (Å²) in [6.45, 7) is 4.92. The molecule has 0 saturated carbocycles. The topological polar surface area (TPSA) is 95.9 Å². The van der Waals surface area contributed by atoms with Crippen molar-refractivity contribution in [3.63, 3.8) is 0 Å². The average Bonchev–Trinajstić information content (AvgIpc) is 3.36. The van der Waals surface area contributed by atoms with Crippen molar-refractivity contribution in [2.75, 3.05) is 13.2 Å². The molecule has 414 valence electrons. The van der Waals surface area contributed by atoms with Crippen molar-refractivity contribution in [2.45, 2.75) is 360 Å². The largest absolute Gasteiger partial charge is 0.466 e. The lowest BCUT2D eigenvalue weighted by Crippen LogP contribution is -2.45. The van der Waals surface area contributed by atoms with Crippen molar-refractivity contribution in [1.29, 1.82) is 0 Å². The van der Waals surface area contributed by atoms with E-state index >= 15 is 0 Å². The molecule has 70 heavy (non-hydrogen) atoms. The van der Waals surface area contributed by atoms with E-state index in [1.54, 1.807) is 6.08 Å². The maximum absolute atomic E-state index is 12.5. The number of rotatable bonds is 59. The number of unbranched alkanes of at least 4 members (excludes halogenated alkanes) is 46. The maximum atomic E-state index is 12.5. The van der Waals surface area contributed by atoms with Gasteiger partial charge >= 0.3 is 5.97 Å². The molecule has 0 saturated heterocycles. The number of nitrogens with one attached hydrogen (secondary N) is 1. The summed E-state index contributed by atoms with van der Waals surface area (Å²) in [5.74, 6) is -0.0625. The Hall–Kier alpha value is -1.66. The lowest BCUT2D eigenvalue weighted by molar-refractivity contribution is -0.143. The molecule has 0 radical (unpaired) electrons. The number of esters is 1. The van der Waals surface area contributed by atoms with Gasteiger partial charge in [-0.1, -0.05) is 301 Å². The number of hydrogen-bond acceptors (Lipinski definition) is 5. The van der Waals surface area contributed by atoms with Gasteiger partial charge in [0.15, 0.2) is 0 Å². The third kappa shape index (κ3) is 55.7. The first-order valence-electron chi connectivity index (χ1n) is 31.6. The molecule has 0 rings (SSSR count). The first kappa shape index (κ1) is 68.3. The van der Waals surface area contributed by atoms with Gasteiger partial charge in [-0.05, 0) is 57.8 Å². The Morgan fingerprint density at radius 3 is 1.01 bits per heavy atom. The van der Waals surface area contributed by atoms with E-state index in [0.717, 1.165) is 44.9 Å². The van der Waals surface area contributed by atoms with Crippen LogP contribution in [0.1, 0.15) is 348 Å². The molecular weight excluding hydrogens is 863 g/mol. The number of amides is 1. The van der Waals surface area contributed by atoms with Crippen LogP contribution in [0.5, 0.6) is 0 Å². The molecule has 6 nitrogen and oxygen atoms in total. The van der Waals surface area contributed by atoms with E-state index in [-0.39, 0.29) is 18.5 Å². The second kappa shape index (κ2) is 59.9. The van der Waals surface area contributed by atoms with Crippen LogP contribution in [0.2, 0.25) is 0 Å². The van der Waals surface area contributed by atoms with Gasteiger partial charge in [-0.15, -0.1) is 0 Å². The van der Waals surface area contributed by atoms with Crippen LogP contribution >= 0.6 is 0 Å².